The molecule has 1 heterocycles. The number of hydrogen-bond acceptors (Lipinski definition) is 5. The van der Waals surface area contributed by atoms with Gasteiger partial charge in [-0.05, 0) is 25.8 Å². The van der Waals surface area contributed by atoms with Crippen LogP contribution < -0.4 is 5.32 Å². The minimum absolute atomic E-state index is 0.0709. The van der Waals surface area contributed by atoms with Crippen molar-refractivity contribution >= 4 is 21.7 Å². The Kier molecular flexibility index (Phi) is 5.37. The molecule has 1 saturated heterocycles. The van der Waals surface area contributed by atoms with Crippen molar-refractivity contribution in [2.45, 2.75) is 57.0 Å². The second-order valence-corrected chi connectivity index (χ2v) is 8.35. The Hall–Kier alpha value is -0.950. The van der Waals surface area contributed by atoms with E-state index < -0.39 is 15.9 Å². The van der Waals surface area contributed by atoms with Gasteiger partial charge in [0.2, 0.25) is 11.8 Å². The predicted octanol–water partition coefficient (Wildman–Crippen LogP) is 0.471. The van der Waals surface area contributed by atoms with Gasteiger partial charge >= 0.3 is 0 Å². The first-order valence-corrected chi connectivity index (χ1v) is 9.71. The smallest absolute Gasteiger partial charge is 0.247 e. The molecule has 1 unspecified atom stereocenters. The second-order valence-electron chi connectivity index (χ2n) is 6.09. The first-order chi connectivity index (χ1) is 9.88. The molecule has 0 spiro atoms. The molecule has 1 aliphatic heterocycles. The van der Waals surface area contributed by atoms with Gasteiger partial charge in [-0.2, -0.15) is 0 Å². The van der Waals surface area contributed by atoms with Crippen LogP contribution in [0.4, 0.5) is 0 Å². The lowest BCUT2D eigenvalue weighted by Crippen LogP contribution is -2.45. The molecule has 2 amide bonds. The molecule has 0 aromatic rings. The number of sulfone groups is 1. The SMILES string of the molecule is CS(=O)(=O)CCCNC1CC(=O)N(C2CCCCC2)C1=O. The molecule has 0 bridgehead atoms. The maximum atomic E-state index is 12.3. The van der Waals surface area contributed by atoms with Gasteiger partial charge in [0.15, 0.2) is 0 Å². The van der Waals surface area contributed by atoms with E-state index >= 15 is 0 Å². The fourth-order valence-electron chi connectivity index (χ4n) is 3.14. The summed E-state index contributed by atoms with van der Waals surface area (Å²) in [4.78, 5) is 25.8. The summed E-state index contributed by atoms with van der Waals surface area (Å²) in [6, 6.07) is -0.402. The number of carbonyl (C=O) groups is 2. The van der Waals surface area contributed by atoms with Crippen molar-refractivity contribution in [3.8, 4) is 0 Å². The fourth-order valence-corrected chi connectivity index (χ4v) is 3.81. The van der Waals surface area contributed by atoms with E-state index in [1.165, 1.54) is 17.6 Å². The highest BCUT2D eigenvalue weighted by atomic mass is 32.2. The number of amides is 2. The summed E-state index contributed by atoms with van der Waals surface area (Å²) in [5.41, 5.74) is 0. The first-order valence-electron chi connectivity index (χ1n) is 7.65. The third-order valence-corrected chi connectivity index (χ3v) is 5.24. The summed E-state index contributed by atoms with van der Waals surface area (Å²) in [6.45, 7) is 0.440. The van der Waals surface area contributed by atoms with Crippen molar-refractivity contribution in [2.75, 3.05) is 18.6 Å². The van der Waals surface area contributed by atoms with E-state index in [1.807, 2.05) is 0 Å². The van der Waals surface area contributed by atoms with Gasteiger partial charge in [0.1, 0.15) is 9.84 Å². The molecule has 2 rings (SSSR count). The third kappa shape index (κ3) is 4.51. The molecule has 0 aromatic carbocycles. The highest BCUT2D eigenvalue weighted by Gasteiger charge is 2.42. The van der Waals surface area contributed by atoms with Crippen molar-refractivity contribution in [1.29, 1.82) is 0 Å². The Morgan fingerprint density at radius 1 is 1.19 bits per heavy atom. The molecule has 21 heavy (non-hydrogen) atoms. The van der Waals surface area contributed by atoms with Gasteiger partial charge in [-0.1, -0.05) is 19.3 Å². The Morgan fingerprint density at radius 3 is 2.48 bits per heavy atom. The summed E-state index contributed by atoms with van der Waals surface area (Å²) in [7, 11) is -2.97. The predicted molar refractivity (Wildman–Crippen MR) is 79.5 cm³/mol. The molecule has 0 radical (unpaired) electrons. The van der Waals surface area contributed by atoms with Crippen LogP contribution in [-0.4, -0.2) is 55.8 Å². The van der Waals surface area contributed by atoms with Crippen LogP contribution in [0.5, 0.6) is 0 Å². The normalized spacial score (nSPS) is 24.8. The minimum Gasteiger partial charge on any atom is -0.305 e. The van der Waals surface area contributed by atoms with E-state index in [-0.39, 0.29) is 30.0 Å². The summed E-state index contributed by atoms with van der Waals surface area (Å²) in [5, 5.41) is 3.03. The molecule has 0 aromatic heterocycles. The Bertz CT molecular complexity index is 497. The van der Waals surface area contributed by atoms with Crippen LogP contribution in [-0.2, 0) is 19.4 Å². The lowest BCUT2D eigenvalue weighted by Gasteiger charge is -2.29. The summed E-state index contributed by atoms with van der Waals surface area (Å²) >= 11 is 0. The number of nitrogens with zero attached hydrogens (tertiary/aromatic N) is 1. The molecule has 120 valence electrons. The average Bonchev–Trinajstić information content (AvgIpc) is 2.69. The van der Waals surface area contributed by atoms with Crippen LogP contribution in [0.3, 0.4) is 0 Å². The van der Waals surface area contributed by atoms with E-state index in [1.54, 1.807) is 0 Å². The molecule has 1 N–H and O–H groups in total. The summed E-state index contributed by atoms with van der Waals surface area (Å²) < 4.78 is 22.1. The molecule has 2 aliphatic rings. The molecule has 1 aliphatic carbocycles. The number of rotatable bonds is 6. The zero-order chi connectivity index (χ0) is 15.5. The van der Waals surface area contributed by atoms with Gasteiger partial charge in [-0.3, -0.25) is 14.5 Å². The third-order valence-electron chi connectivity index (χ3n) is 4.21. The fraction of sp³-hybridized carbons (Fsp3) is 0.857. The lowest BCUT2D eigenvalue weighted by atomic mass is 9.94. The summed E-state index contributed by atoms with van der Waals surface area (Å²) in [5.74, 6) is -0.125. The highest BCUT2D eigenvalue weighted by molar-refractivity contribution is 7.90. The highest BCUT2D eigenvalue weighted by Crippen LogP contribution is 2.27. The molecule has 1 atom stereocenters. The van der Waals surface area contributed by atoms with E-state index in [0.29, 0.717) is 13.0 Å². The van der Waals surface area contributed by atoms with Crippen LogP contribution in [0.25, 0.3) is 0 Å². The number of imide groups is 1. The van der Waals surface area contributed by atoms with Gasteiger partial charge in [0.25, 0.3) is 0 Å². The topological polar surface area (TPSA) is 83.6 Å². The molecular formula is C14H24N2O4S. The molecular weight excluding hydrogens is 292 g/mol. The average molecular weight is 316 g/mol. The van der Waals surface area contributed by atoms with Gasteiger partial charge in [-0.15, -0.1) is 0 Å². The van der Waals surface area contributed by atoms with Crippen molar-refractivity contribution in [1.82, 2.24) is 10.2 Å². The zero-order valence-electron chi connectivity index (χ0n) is 12.5. The Balaban J connectivity index is 1.83. The molecule has 1 saturated carbocycles. The van der Waals surface area contributed by atoms with E-state index in [9.17, 15) is 18.0 Å². The molecule has 6 nitrogen and oxygen atoms in total. The Morgan fingerprint density at radius 2 is 1.86 bits per heavy atom. The number of carbonyl (C=O) groups excluding carboxylic acids is 2. The van der Waals surface area contributed by atoms with Crippen LogP contribution in [0.15, 0.2) is 0 Å². The summed E-state index contributed by atoms with van der Waals surface area (Å²) in [6.07, 6.45) is 7.02. The van der Waals surface area contributed by atoms with E-state index in [2.05, 4.69) is 5.32 Å². The first kappa shape index (κ1) is 16.4. The number of hydrogen-bond donors (Lipinski definition) is 1. The van der Waals surface area contributed by atoms with Crippen molar-refractivity contribution in [3.05, 3.63) is 0 Å². The number of nitrogens with one attached hydrogen (secondary N) is 1. The number of likely N-dealkylation sites (tertiary alicyclic amines) is 1. The Labute approximate surface area is 126 Å². The standard InChI is InChI=1S/C14H24N2O4S/c1-21(19,20)9-5-8-15-12-10-13(17)16(14(12)18)11-6-3-2-4-7-11/h11-12,15H,2-10H2,1H3. The van der Waals surface area contributed by atoms with Crippen LogP contribution in [0, 0.1) is 0 Å². The monoisotopic (exact) mass is 316 g/mol. The van der Waals surface area contributed by atoms with E-state index in [0.717, 1.165) is 25.7 Å². The van der Waals surface area contributed by atoms with Crippen LogP contribution in [0.1, 0.15) is 44.9 Å². The zero-order valence-corrected chi connectivity index (χ0v) is 13.3. The van der Waals surface area contributed by atoms with Gasteiger partial charge in [-0.25, -0.2) is 8.42 Å². The molecule has 7 heteroatoms. The van der Waals surface area contributed by atoms with E-state index in [4.69, 9.17) is 0 Å². The second kappa shape index (κ2) is 6.87. The minimum atomic E-state index is -2.97. The molecule has 2 fully saturated rings. The maximum absolute atomic E-state index is 12.3. The van der Waals surface area contributed by atoms with Crippen molar-refractivity contribution < 1.29 is 18.0 Å². The van der Waals surface area contributed by atoms with Crippen LogP contribution >= 0.6 is 0 Å². The maximum Gasteiger partial charge on any atom is 0.247 e. The van der Waals surface area contributed by atoms with Gasteiger partial charge in [0, 0.05) is 12.3 Å². The van der Waals surface area contributed by atoms with Gasteiger partial charge in [0.05, 0.1) is 18.2 Å². The lowest BCUT2D eigenvalue weighted by molar-refractivity contribution is -0.142. The van der Waals surface area contributed by atoms with Crippen molar-refractivity contribution in [3.63, 3.8) is 0 Å². The quantitative estimate of drug-likeness (QED) is 0.569. The van der Waals surface area contributed by atoms with Crippen LogP contribution in [0.2, 0.25) is 0 Å². The van der Waals surface area contributed by atoms with Crippen molar-refractivity contribution in [2.24, 2.45) is 0 Å². The van der Waals surface area contributed by atoms with Gasteiger partial charge < -0.3 is 5.32 Å². The largest absolute Gasteiger partial charge is 0.305 e.